The molecule has 1 amide bonds. The van der Waals surface area contributed by atoms with Crippen molar-refractivity contribution in [2.45, 2.75) is 20.3 Å². The molecule has 0 aromatic rings. The molecule has 2 aliphatic rings. The predicted octanol–water partition coefficient (Wildman–Crippen LogP) is 0.463. The van der Waals surface area contributed by atoms with Gasteiger partial charge in [-0.25, -0.2) is 0 Å². The molecule has 2 fully saturated rings. The Morgan fingerprint density at radius 3 is 2.29 bits per heavy atom. The molecule has 4 nitrogen and oxygen atoms in total. The minimum atomic E-state index is 0.229. The molecule has 5 heteroatoms. The molecule has 1 atom stereocenters. The maximum Gasteiger partial charge on any atom is 0.226 e. The third-order valence-electron chi connectivity index (χ3n) is 3.87. The lowest BCUT2D eigenvalue weighted by atomic mass is 10.1. The van der Waals surface area contributed by atoms with Crippen LogP contribution >= 0.6 is 12.2 Å². The molecule has 1 saturated heterocycles. The highest BCUT2D eigenvalue weighted by Crippen LogP contribution is 2.52. The number of hydrogen-bond donors (Lipinski definition) is 1. The van der Waals surface area contributed by atoms with Gasteiger partial charge in [0.15, 0.2) is 0 Å². The van der Waals surface area contributed by atoms with Gasteiger partial charge in [-0.2, -0.15) is 0 Å². The molecule has 1 saturated carbocycles. The topological polar surface area (TPSA) is 49.6 Å². The number of carbonyl (C=O) groups excluding carboxylic acids is 1. The Bertz CT molecular complexity index is 335. The van der Waals surface area contributed by atoms with Crippen molar-refractivity contribution >= 4 is 23.1 Å². The van der Waals surface area contributed by atoms with Crippen LogP contribution in [0.3, 0.4) is 0 Å². The van der Waals surface area contributed by atoms with Gasteiger partial charge in [-0.3, -0.25) is 9.69 Å². The Balaban J connectivity index is 1.79. The number of hydrogen-bond acceptors (Lipinski definition) is 3. The molecule has 0 aromatic carbocycles. The van der Waals surface area contributed by atoms with Crippen molar-refractivity contribution in [3.8, 4) is 0 Å². The first-order chi connectivity index (χ1) is 7.90. The van der Waals surface area contributed by atoms with Crippen molar-refractivity contribution in [3.63, 3.8) is 0 Å². The lowest BCUT2D eigenvalue weighted by molar-refractivity contribution is -0.134. The lowest BCUT2D eigenvalue weighted by Crippen LogP contribution is -2.51. The van der Waals surface area contributed by atoms with Crippen molar-refractivity contribution in [1.29, 1.82) is 0 Å². The summed E-state index contributed by atoms with van der Waals surface area (Å²) in [5.41, 5.74) is 5.75. The Morgan fingerprint density at radius 2 is 1.88 bits per heavy atom. The SMILES string of the molecule is CC1(C)CC1C(=O)N1CCN(CC(N)=S)CC1. The minimum absolute atomic E-state index is 0.229. The van der Waals surface area contributed by atoms with Crippen LogP contribution < -0.4 is 5.73 Å². The second kappa shape index (κ2) is 4.53. The molecule has 0 spiro atoms. The van der Waals surface area contributed by atoms with E-state index < -0.39 is 0 Å². The molecule has 1 aliphatic carbocycles. The smallest absolute Gasteiger partial charge is 0.226 e. The molecular formula is C12H21N3OS. The fourth-order valence-corrected chi connectivity index (χ4v) is 2.64. The van der Waals surface area contributed by atoms with Crippen LogP contribution in [-0.2, 0) is 4.79 Å². The molecule has 17 heavy (non-hydrogen) atoms. The standard InChI is InChI=1S/C12H21N3OS/c1-12(2)7-9(12)11(16)15-5-3-14(4-6-15)8-10(13)17/h9H,3-8H2,1-2H3,(H2,13,17). The van der Waals surface area contributed by atoms with Crippen molar-refractivity contribution in [3.05, 3.63) is 0 Å². The normalized spacial score (nSPS) is 27.9. The summed E-state index contributed by atoms with van der Waals surface area (Å²) in [5, 5.41) is 0. The van der Waals surface area contributed by atoms with Crippen LogP contribution in [0.25, 0.3) is 0 Å². The van der Waals surface area contributed by atoms with Crippen molar-refractivity contribution < 1.29 is 4.79 Å². The Kier molecular flexibility index (Phi) is 3.41. The molecule has 1 aliphatic heterocycles. The zero-order valence-electron chi connectivity index (χ0n) is 10.6. The largest absolute Gasteiger partial charge is 0.392 e. The first-order valence-corrected chi connectivity index (χ1v) is 6.60. The van der Waals surface area contributed by atoms with Gasteiger partial charge < -0.3 is 10.6 Å². The van der Waals surface area contributed by atoms with E-state index in [1.807, 2.05) is 4.90 Å². The van der Waals surface area contributed by atoms with Crippen LogP contribution in [0.5, 0.6) is 0 Å². The lowest BCUT2D eigenvalue weighted by Gasteiger charge is -2.34. The number of rotatable bonds is 3. The van der Waals surface area contributed by atoms with Crippen LogP contribution in [0.2, 0.25) is 0 Å². The fraction of sp³-hybridized carbons (Fsp3) is 0.833. The molecular weight excluding hydrogens is 234 g/mol. The van der Waals surface area contributed by atoms with Crippen LogP contribution in [0.4, 0.5) is 0 Å². The Labute approximate surface area is 108 Å². The van der Waals surface area contributed by atoms with E-state index in [4.69, 9.17) is 18.0 Å². The summed E-state index contributed by atoms with van der Waals surface area (Å²) in [4.78, 5) is 16.9. The van der Waals surface area contributed by atoms with E-state index in [0.29, 0.717) is 17.4 Å². The average molecular weight is 255 g/mol. The molecule has 2 rings (SSSR count). The molecule has 2 N–H and O–H groups in total. The van der Waals surface area contributed by atoms with Crippen LogP contribution in [-0.4, -0.2) is 53.4 Å². The number of carbonyl (C=O) groups is 1. The average Bonchev–Trinajstić information content (AvgIpc) is 2.87. The number of nitrogens with two attached hydrogens (primary N) is 1. The highest BCUT2D eigenvalue weighted by atomic mass is 32.1. The van der Waals surface area contributed by atoms with Gasteiger partial charge >= 0.3 is 0 Å². The first kappa shape index (κ1) is 12.8. The molecule has 0 bridgehead atoms. The van der Waals surface area contributed by atoms with Crippen molar-refractivity contribution in [2.24, 2.45) is 17.1 Å². The van der Waals surface area contributed by atoms with Gasteiger partial charge in [-0.05, 0) is 11.8 Å². The number of nitrogens with zero attached hydrogens (tertiary/aromatic N) is 2. The Morgan fingerprint density at radius 1 is 1.35 bits per heavy atom. The van der Waals surface area contributed by atoms with Crippen LogP contribution in [0.1, 0.15) is 20.3 Å². The summed E-state index contributed by atoms with van der Waals surface area (Å²) in [5.74, 6) is 0.592. The number of thiocarbonyl (C=S) groups is 1. The van der Waals surface area contributed by atoms with E-state index in [-0.39, 0.29) is 11.3 Å². The molecule has 1 unspecified atom stereocenters. The van der Waals surface area contributed by atoms with Gasteiger partial charge in [0.05, 0.1) is 4.99 Å². The van der Waals surface area contributed by atoms with Crippen LogP contribution in [0.15, 0.2) is 0 Å². The van der Waals surface area contributed by atoms with E-state index in [2.05, 4.69) is 18.7 Å². The maximum absolute atomic E-state index is 12.2. The maximum atomic E-state index is 12.2. The fourth-order valence-electron chi connectivity index (χ4n) is 2.46. The van der Waals surface area contributed by atoms with Gasteiger partial charge in [0, 0.05) is 38.6 Å². The second-order valence-corrected chi connectivity index (χ2v) is 6.34. The molecule has 96 valence electrons. The summed E-state index contributed by atoms with van der Waals surface area (Å²) in [6, 6.07) is 0. The number of amides is 1. The van der Waals surface area contributed by atoms with E-state index in [0.717, 1.165) is 32.6 Å². The Hall–Kier alpha value is -0.680. The van der Waals surface area contributed by atoms with Gasteiger partial charge in [0.25, 0.3) is 0 Å². The molecule has 1 heterocycles. The van der Waals surface area contributed by atoms with Crippen molar-refractivity contribution in [2.75, 3.05) is 32.7 Å². The zero-order chi connectivity index (χ0) is 12.6. The summed E-state index contributed by atoms with van der Waals surface area (Å²) in [6.07, 6.45) is 1.04. The summed E-state index contributed by atoms with van der Waals surface area (Å²) >= 11 is 4.89. The first-order valence-electron chi connectivity index (χ1n) is 6.19. The summed E-state index contributed by atoms with van der Waals surface area (Å²) < 4.78 is 0. The van der Waals surface area contributed by atoms with Gasteiger partial charge in [-0.15, -0.1) is 0 Å². The highest BCUT2D eigenvalue weighted by molar-refractivity contribution is 7.80. The quantitative estimate of drug-likeness (QED) is 0.745. The van der Waals surface area contributed by atoms with Crippen LogP contribution in [0, 0.1) is 11.3 Å². The predicted molar refractivity (Wildman–Crippen MR) is 71.7 cm³/mol. The van der Waals surface area contributed by atoms with E-state index in [1.165, 1.54) is 0 Å². The monoisotopic (exact) mass is 255 g/mol. The van der Waals surface area contributed by atoms with Gasteiger partial charge in [-0.1, -0.05) is 26.1 Å². The van der Waals surface area contributed by atoms with E-state index in [9.17, 15) is 4.79 Å². The molecule has 0 aromatic heterocycles. The highest BCUT2D eigenvalue weighted by Gasteiger charge is 2.52. The zero-order valence-corrected chi connectivity index (χ0v) is 11.4. The summed E-state index contributed by atoms with van der Waals surface area (Å²) in [6.45, 7) is 8.40. The molecule has 0 radical (unpaired) electrons. The van der Waals surface area contributed by atoms with E-state index in [1.54, 1.807) is 0 Å². The van der Waals surface area contributed by atoms with Gasteiger partial charge in [0.1, 0.15) is 0 Å². The van der Waals surface area contributed by atoms with E-state index >= 15 is 0 Å². The van der Waals surface area contributed by atoms with Crippen molar-refractivity contribution in [1.82, 2.24) is 9.80 Å². The minimum Gasteiger partial charge on any atom is -0.392 e. The summed E-state index contributed by atoms with van der Waals surface area (Å²) in [7, 11) is 0. The second-order valence-electron chi connectivity index (χ2n) is 5.81. The third kappa shape index (κ3) is 2.96. The third-order valence-corrected chi connectivity index (χ3v) is 4.00. The number of piperazine rings is 1. The van der Waals surface area contributed by atoms with Gasteiger partial charge in [0.2, 0.25) is 5.91 Å².